The van der Waals surface area contributed by atoms with Gasteiger partial charge in [-0.3, -0.25) is 14.7 Å². The van der Waals surface area contributed by atoms with Gasteiger partial charge in [0.05, 0.1) is 0 Å². The van der Waals surface area contributed by atoms with Gasteiger partial charge in [-0.05, 0) is 6.92 Å². The molecule has 0 saturated heterocycles. The van der Waals surface area contributed by atoms with Crippen LogP contribution in [0.15, 0.2) is 10.9 Å². The fourth-order valence-corrected chi connectivity index (χ4v) is 0.673. The van der Waals surface area contributed by atoms with Crippen molar-refractivity contribution in [3.8, 4) is 0 Å². The van der Waals surface area contributed by atoms with E-state index >= 15 is 0 Å². The van der Waals surface area contributed by atoms with Crippen LogP contribution in [0.4, 0.5) is 0 Å². The molecule has 11 heavy (non-hydrogen) atoms. The van der Waals surface area contributed by atoms with Gasteiger partial charge in [0, 0.05) is 11.8 Å². The second kappa shape index (κ2) is 2.53. The third-order valence-electron chi connectivity index (χ3n) is 1.16. The molecule has 0 fully saturated rings. The number of rotatable bonds is 1. The first-order valence-corrected chi connectivity index (χ1v) is 2.97. The maximum Gasteiger partial charge on any atom is 0.273 e. The summed E-state index contributed by atoms with van der Waals surface area (Å²) in [6.07, 6.45) is 0. The fraction of sp³-hybridized carbons (Fsp3) is 0.167. The molecule has 0 saturated carbocycles. The van der Waals surface area contributed by atoms with Gasteiger partial charge in [-0.2, -0.15) is 5.10 Å². The molecule has 0 aliphatic rings. The number of aromatic amines is 1. The van der Waals surface area contributed by atoms with E-state index in [-0.39, 0.29) is 5.69 Å². The molecule has 1 aromatic rings. The van der Waals surface area contributed by atoms with Gasteiger partial charge in [0.2, 0.25) is 5.43 Å². The lowest BCUT2D eigenvalue weighted by Crippen LogP contribution is -2.24. The van der Waals surface area contributed by atoms with E-state index in [9.17, 15) is 9.59 Å². The first kappa shape index (κ1) is 7.46. The van der Waals surface area contributed by atoms with Crippen LogP contribution in [0.5, 0.6) is 0 Å². The summed E-state index contributed by atoms with van der Waals surface area (Å²) >= 11 is 0. The van der Waals surface area contributed by atoms with Crippen molar-refractivity contribution >= 4 is 5.91 Å². The average Bonchev–Trinajstić information content (AvgIpc) is 1.85. The molecule has 1 aromatic heterocycles. The van der Waals surface area contributed by atoms with E-state index in [2.05, 4.69) is 10.2 Å². The van der Waals surface area contributed by atoms with E-state index in [0.29, 0.717) is 5.69 Å². The van der Waals surface area contributed by atoms with E-state index in [1.807, 2.05) is 0 Å². The summed E-state index contributed by atoms with van der Waals surface area (Å²) in [7, 11) is 0. The van der Waals surface area contributed by atoms with Crippen LogP contribution in [0.3, 0.4) is 0 Å². The molecule has 3 N–H and O–H groups in total. The highest BCUT2D eigenvalue weighted by molar-refractivity contribution is 5.90. The summed E-state index contributed by atoms with van der Waals surface area (Å²) in [4.78, 5) is 21.4. The summed E-state index contributed by atoms with van der Waals surface area (Å²) < 4.78 is 0. The van der Waals surface area contributed by atoms with Gasteiger partial charge in [-0.15, -0.1) is 0 Å². The highest BCUT2D eigenvalue weighted by atomic mass is 16.2. The first-order chi connectivity index (χ1) is 5.11. The summed E-state index contributed by atoms with van der Waals surface area (Å²) in [6, 6.07) is 1.27. The van der Waals surface area contributed by atoms with Crippen LogP contribution in [0.1, 0.15) is 16.2 Å². The molecule has 58 valence electrons. The predicted octanol–water partition coefficient (Wildman–Crippen LogP) is -0.823. The summed E-state index contributed by atoms with van der Waals surface area (Å²) in [6.45, 7) is 1.67. The third kappa shape index (κ3) is 1.43. The molecule has 0 atom stereocenters. The Bertz CT molecular complexity index is 342. The van der Waals surface area contributed by atoms with Crippen molar-refractivity contribution in [3.63, 3.8) is 0 Å². The lowest BCUT2D eigenvalue weighted by Gasteiger charge is -1.93. The molecule has 1 heterocycles. The minimum atomic E-state index is -0.814. The number of nitrogens with zero attached hydrogens (tertiary/aromatic N) is 1. The van der Waals surface area contributed by atoms with Crippen LogP contribution in [0, 0.1) is 6.92 Å². The number of H-pyrrole nitrogens is 1. The summed E-state index contributed by atoms with van der Waals surface area (Å²) in [5, 5.41) is 5.94. The monoisotopic (exact) mass is 153 g/mol. The van der Waals surface area contributed by atoms with Gasteiger partial charge < -0.3 is 5.73 Å². The molecule has 5 nitrogen and oxygen atoms in total. The molecule has 0 bridgehead atoms. The zero-order chi connectivity index (χ0) is 8.43. The second-order valence-corrected chi connectivity index (χ2v) is 2.13. The minimum Gasteiger partial charge on any atom is -0.364 e. The van der Waals surface area contributed by atoms with Crippen LogP contribution >= 0.6 is 0 Å². The van der Waals surface area contributed by atoms with Gasteiger partial charge in [0.1, 0.15) is 0 Å². The zero-order valence-corrected chi connectivity index (χ0v) is 5.92. The number of hydrogen-bond acceptors (Lipinski definition) is 3. The first-order valence-electron chi connectivity index (χ1n) is 2.97. The van der Waals surface area contributed by atoms with Crippen molar-refractivity contribution in [1.82, 2.24) is 10.2 Å². The molecule has 0 spiro atoms. The summed E-state index contributed by atoms with van der Waals surface area (Å²) in [5.74, 6) is -0.814. The third-order valence-corrected chi connectivity index (χ3v) is 1.16. The molecule has 1 amide bonds. The predicted molar refractivity (Wildman–Crippen MR) is 38.1 cm³/mol. The number of hydrogen-bond donors (Lipinski definition) is 2. The van der Waals surface area contributed by atoms with Crippen molar-refractivity contribution < 1.29 is 4.79 Å². The van der Waals surface area contributed by atoms with Crippen LogP contribution in [-0.4, -0.2) is 16.1 Å². The van der Waals surface area contributed by atoms with Crippen molar-refractivity contribution in [2.45, 2.75) is 6.92 Å². The van der Waals surface area contributed by atoms with Crippen LogP contribution in [0.25, 0.3) is 0 Å². The van der Waals surface area contributed by atoms with E-state index < -0.39 is 11.3 Å². The van der Waals surface area contributed by atoms with E-state index in [1.54, 1.807) is 6.92 Å². The Hall–Kier alpha value is -1.65. The Morgan fingerprint density at radius 1 is 1.73 bits per heavy atom. The highest BCUT2D eigenvalue weighted by Gasteiger charge is 2.06. The number of aryl methyl sites for hydroxylation is 1. The molecule has 0 aliphatic carbocycles. The second-order valence-electron chi connectivity index (χ2n) is 2.13. The summed E-state index contributed by atoms with van der Waals surface area (Å²) in [5.41, 5.74) is 4.74. The number of aromatic nitrogens is 2. The Kier molecular flexibility index (Phi) is 1.72. The quantitative estimate of drug-likeness (QED) is 0.552. The van der Waals surface area contributed by atoms with E-state index in [4.69, 9.17) is 5.73 Å². The molecule has 0 aromatic carbocycles. The topological polar surface area (TPSA) is 88.8 Å². The van der Waals surface area contributed by atoms with Gasteiger partial charge in [0.15, 0.2) is 5.69 Å². The number of carbonyl (C=O) groups excluding carboxylic acids is 1. The van der Waals surface area contributed by atoms with E-state index in [0.717, 1.165) is 0 Å². The number of carbonyl (C=O) groups is 1. The Balaban J connectivity index is 3.32. The number of primary amides is 1. The SMILES string of the molecule is Cc1cc(=O)c(C(N)=O)n[nH]1. The molecule has 0 unspecified atom stereocenters. The number of amides is 1. The van der Waals surface area contributed by atoms with Gasteiger partial charge >= 0.3 is 0 Å². The van der Waals surface area contributed by atoms with Crippen LogP contribution in [-0.2, 0) is 0 Å². The molecule has 5 heteroatoms. The van der Waals surface area contributed by atoms with Crippen molar-refractivity contribution in [3.05, 3.63) is 27.7 Å². The molecule has 1 rings (SSSR count). The van der Waals surface area contributed by atoms with Crippen molar-refractivity contribution in [2.24, 2.45) is 5.73 Å². The molecule has 0 radical (unpaired) electrons. The molecular formula is C6H7N3O2. The normalized spacial score (nSPS) is 9.55. The molecule has 0 aliphatic heterocycles. The maximum atomic E-state index is 10.9. The van der Waals surface area contributed by atoms with Gasteiger partial charge in [-0.1, -0.05) is 0 Å². The zero-order valence-electron chi connectivity index (χ0n) is 5.92. The fourth-order valence-electron chi connectivity index (χ4n) is 0.673. The standard InChI is InChI=1S/C6H7N3O2/c1-3-2-4(10)5(6(7)11)9-8-3/h2H,1H3,(H2,7,11)(H,8,10). The Morgan fingerprint density at radius 3 is 2.82 bits per heavy atom. The van der Waals surface area contributed by atoms with Gasteiger partial charge in [0.25, 0.3) is 5.91 Å². The Morgan fingerprint density at radius 2 is 2.36 bits per heavy atom. The molecular weight excluding hydrogens is 146 g/mol. The van der Waals surface area contributed by atoms with Crippen molar-refractivity contribution in [1.29, 1.82) is 0 Å². The maximum absolute atomic E-state index is 10.9. The Labute approximate surface area is 62.2 Å². The largest absolute Gasteiger partial charge is 0.364 e. The minimum absolute atomic E-state index is 0.254. The van der Waals surface area contributed by atoms with E-state index in [1.165, 1.54) is 6.07 Å². The highest BCUT2D eigenvalue weighted by Crippen LogP contribution is 1.84. The lowest BCUT2D eigenvalue weighted by atomic mass is 10.3. The number of nitrogens with one attached hydrogen (secondary N) is 1. The van der Waals surface area contributed by atoms with Crippen LogP contribution in [0.2, 0.25) is 0 Å². The smallest absolute Gasteiger partial charge is 0.273 e. The van der Waals surface area contributed by atoms with Crippen molar-refractivity contribution in [2.75, 3.05) is 0 Å². The lowest BCUT2D eigenvalue weighted by molar-refractivity contribution is 0.0993. The average molecular weight is 153 g/mol. The van der Waals surface area contributed by atoms with Crippen LogP contribution < -0.4 is 11.2 Å². The number of nitrogens with two attached hydrogens (primary N) is 1. The van der Waals surface area contributed by atoms with Gasteiger partial charge in [-0.25, -0.2) is 0 Å².